The molecule has 1 spiro atoms. The van der Waals surface area contributed by atoms with E-state index in [2.05, 4.69) is 216 Å². The quantitative estimate of drug-likeness (QED) is 0.178. The molecule has 0 bridgehead atoms. The van der Waals surface area contributed by atoms with E-state index in [9.17, 15) is 0 Å². The van der Waals surface area contributed by atoms with E-state index in [1.165, 1.54) is 49.3 Å². The van der Waals surface area contributed by atoms with Crippen LogP contribution in [0.3, 0.4) is 0 Å². The van der Waals surface area contributed by atoms with E-state index in [-0.39, 0.29) is 0 Å². The summed E-state index contributed by atoms with van der Waals surface area (Å²) >= 11 is 0. The lowest BCUT2D eigenvalue weighted by atomic mass is 9.58. The maximum absolute atomic E-state index is 6.96. The molecule has 1 unspecified atom stereocenters. The van der Waals surface area contributed by atoms with Crippen molar-refractivity contribution >= 4 is 71.6 Å². The molecule has 294 valence electrons. The minimum Gasteiger partial charge on any atom is -0.457 e. The SMILES string of the molecule is c1ccc(-n2c3ccccc3c3cc(N(c4ccc5c(c4)C4(c6ccccc6O5)c5ccccc5-c5cccc6cccc4c56)c4ccc5c(c4)oc4ccccc45)ccc32)cc1. The Kier molecular flexibility index (Phi) is 7.01. The number of anilines is 3. The van der Waals surface area contributed by atoms with Crippen LogP contribution >= 0.6 is 0 Å². The monoisotopic (exact) mass is 804 g/mol. The lowest BCUT2D eigenvalue weighted by Gasteiger charge is -2.45. The minimum atomic E-state index is -0.675. The average molecular weight is 805 g/mol. The van der Waals surface area contributed by atoms with Gasteiger partial charge >= 0.3 is 0 Å². The van der Waals surface area contributed by atoms with Gasteiger partial charge in [-0.05, 0) is 112 Å². The Morgan fingerprint density at radius 3 is 1.94 bits per heavy atom. The third kappa shape index (κ3) is 4.69. The summed E-state index contributed by atoms with van der Waals surface area (Å²) in [5.74, 6) is 1.72. The minimum absolute atomic E-state index is 0.675. The fraction of sp³-hybridized carbons (Fsp3) is 0.0169. The lowest BCUT2D eigenvalue weighted by Crippen LogP contribution is -2.36. The first kappa shape index (κ1) is 34.4. The molecular weight excluding hydrogens is 769 g/mol. The zero-order valence-corrected chi connectivity index (χ0v) is 34.0. The maximum atomic E-state index is 6.96. The topological polar surface area (TPSA) is 30.5 Å². The molecule has 4 heteroatoms. The molecular formula is C59H36N2O2. The van der Waals surface area contributed by atoms with Crippen LogP contribution in [-0.4, -0.2) is 4.57 Å². The van der Waals surface area contributed by atoms with Crippen molar-refractivity contribution < 1.29 is 9.15 Å². The average Bonchev–Trinajstić information content (AvgIpc) is 3.88. The Hall–Kier alpha value is -8.34. The maximum Gasteiger partial charge on any atom is 0.137 e. The van der Waals surface area contributed by atoms with Crippen molar-refractivity contribution in [3.05, 3.63) is 241 Å². The van der Waals surface area contributed by atoms with Gasteiger partial charge in [-0.25, -0.2) is 0 Å². The summed E-state index contributed by atoms with van der Waals surface area (Å²) in [4.78, 5) is 2.39. The van der Waals surface area contributed by atoms with Gasteiger partial charge in [0.25, 0.3) is 0 Å². The van der Waals surface area contributed by atoms with Crippen LogP contribution in [0.25, 0.3) is 71.3 Å². The number of ether oxygens (including phenoxy) is 1. The molecule has 0 amide bonds. The number of hydrogen-bond acceptors (Lipinski definition) is 3. The first-order valence-corrected chi connectivity index (χ1v) is 21.6. The zero-order valence-electron chi connectivity index (χ0n) is 34.0. The Labute approximate surface area is 363 Å². The van der Waals surface area contributed by atoms with Gasteiger partial charge in [0.2, 0.25) is 0 Å². The molecule has 1 atom stereocenters. The number of fused-ring (bicyclic) bond motifs is 14. The molecule has 3 heterocycles. The second-order valence-corrected chi connectivity index (χ2v) is 16.8. The number of hydrogen-bond donors (Lipinski definition) is 0. The van der Waals surface area contributed by atoms with Crippen molar-refractivity contribution in [2.45, 2.75) is 5.41 Å². The van der Waals surface area contributed by atoms with Crippen LogP contribution in [0.4, 0.5) is 17.1 Å². The number of aromatic nitrogens is 1. The molecule has 2 aliphatic rings. The van der Waals surface area contributed by atoms with Crippen LogP contribution in [0, 0.1) is 0 Å². The highest BCUT2D eigenvalue weighted by molar-refractivity contribution is 6.11. The first-order chi connectivity index (χ1) is 31.2. The third-order valence-corrected chi connectivity index (χ3v) is 13.6. The van der Waals surface area contributed by atoms with Crippen LogP contribution in [0.15, 0.2) is 223 Å². The molecule has 0 fully saturated rings. The van der Waals surface area contributed by atoms with Gasteiger partial charge in [0, 0.05) is 61.5 Å². The normalized spacial score (nSPS) is 14.9. The Bertz CT molecular complexity index is 3850. The van der Waals surface area contributed by atoms with Gasteiger partial charge in [0.05, 0.1) is 16.4 Å². The number of nitrogens with zero attached hydrogens (tertiary/aromatic N) is 2. The van der Waals surface area contributed by atoms with Crippen LogP contribution in [0.5, 0.6) is 11.5 Å². The predicted molar refractivity (Wildman–Crippen MR) is 258 cm³/mol. The van der Waals surface area contributed by atoms with Crippen molar-refractivity contribution in [1.29, 1.82) is 0 Å². The Morgan fingerprint density at radius 2 is 1.02 bits per heavy atom. The molecule has 0 N–H and O–H groups in total. The van der Waals surface area contributed by atoms with Crippen molar-refractivity contribution in [1.82, 2.24) is 4.57 Å². The van der Waals surface area contributed by atoms with Crippen LogP contribution in [0.2, 0.25) is 0 Å². The van der Waals surface area contributed by atoms with Crippen LogP contribution in [0.1, 0.15) is 22.3 Å². The van der Waals surface area contributed by atoms with E-state index in [1.54, 1.807) is 0 Å². The molecule has 0 radical (unpaired) electrons. The fourth-order valence-corrected chi connectivity index (χ4v) is 11.1. The van der Waals surface area contributed by atoms with Crippen molar-refractivity contribution in [2.75, 3.05) is 4.90 Å². The van der Waals surface area contributed by atoms with Gasteiger partial charge in [-0.15, -0.1) is 0 Å². The highest BCUT2D eigenvalue weighted by Crippen LogP contribution is 2.62. The molecule has 14 rings (SSSR count). The Balaban J connectivity index is 1.07. The van der Waals surface area contributed by atoms with E-state index in [0.717, 1.165) is 72.8 Å². The first-order valence-electron chi connectivity index (χ1n) is 21.6. The summed E-state index contributed by atoms with van der Waals surface area (Å²) in [5, 5.41) is 7.08. The summed E-state index contributed by atoms with van der Waals surface area (Å²) in [6, 6.07) is 79.0. The van der Waals surface area contributed by atoms with Crippen molar-refractivity contribution in [3.8, 4) is 28.3 Å². The van der Waals surface area contributed by atoms with E-state index in [1.807, 2.05) is 12.1 Å². The van der Waals surface area contributed by atoms with Gasteiger partial charge in [0.15, 0.2) is 0 Å². The molecule has 10 aromatic carbocycles. The third-order valence-electron chi connectivity index (χ3n) is 13.6. The van der Waals surface area contributed by atoms with Gasteiger partial charge in [-0.2, -0.15) is 0 Å². The summed E-state index contributed by atoms with van der Waals surface area (Å²) < 4.78 is 15.9. The van der Waals surface area contributed by atoms with Gasteiger partial charge in [-0.3, -0.25) is 0 Å². The summed E-state index contributed by atoms with van der Waals surface area (Å²) in [6.07, 6.45) is 0. The van der Waals surface area contributed by atoms with Gasteiger partial charge < -0.3 is 18.6 Å². The number of furan rings is 1. The summed E-state index contributed by atoms with van der Waals surface area (Å²) in [6.45, 7) is 0. The number of benzene rings is 10. The molecule has 4 nitrogen and oxygen atoms in total. The van der Waals surface area contributed by atoms with Crippen LogP contribution < -0.4 is 9.64 Å². The number of rotatable bonds is 4. The van der Waals surface area contributed by atoms with E-state index < -0.39 is 5.41 Å². The smallest absolute Gasteiger partial charge is 0.137 e. The lowest BCUT2D eigenvalue weighted by molar-refractivity contribution is 0.435. The molecule has 63 heavy (non-hydrogen) atoms. The number of para-hydroxylation sites is 4. The van der Waals surface area contributed by atoms with Gasteiger partial charge in [-0.1, -0.05) is 133 Å². The standard InChI is InChI=1S/C59H36N2O2/c1-2-16-38(17-3-1)61-52-25-9-5-19-43(52)47-34-39(29-32-53(47)61)60(41-28-31-45-44-20-6-10-26-54(44)62-57(45)36-41)40-30-33-56-51(35-40)59(49-23-8-11-27-55(49)63-56)48-22-7-4-18-42(48)46-21-12-14-37-15-13-24-50(59)58(37)46/h1-36H. The highest BCUT2D eigenvalue weighted by atomic mass is 16.5. The van der Waals surface area contributed by atoms with Crippen molar-refractivity contribution in [3.63, 3.8) is 0 Å². The van der Waals surface area contributed by atoms with Crippen molar-refractivity contribution in [2.24, 2.45) is 0 Å². The molecule has 12 aromatic rings. The molecule has 1 aliphatic heterocycles. The van der Waals surface area contributed by atoms with E-state index in [4.69, 9.17) is 9.15 Å². The molecule has 0 saturated heterocycles. The summed E-state index contributed by atoms with van der Waals surface area (Å²) in [7, 11) is 0. The summed E-state index contributed by atoms with van der Waals surface area (Å²) in [5.41, 5.74) is 14.8. The largest absolute Gasteiger partial charge is 0.457 e. The second-order valence-electron chi connectivity index (χ2n) is 16.8. The zero-order chi connectivity index (χ0) is 41.2. The fourth-order valence-electron chi connectivity index (χ4n) is 11.1. The van der Waals surface area contributed by atoms with Gasteiger partial charge in [0.1, 0.15) is 22.7 Å². The van der Waals surface area contributed by atoms with E-state index >= 15 is 0 Å². The van der Waals surface area contributed by atoms with E-state index in [0.29, 0.717) is 0 Å². The molecule has 1 aliphatic carbocycles. The Morgan fingerprint density at radius 1 is 0.381 bits per heavy atom. The molecule has 2 aromatic heterocycles. The van der Waals surface area contributed by atoms with Crippen LogP contribution in [-0.2, 0) is 5.41 Å². The highest BCUT2D eigenvalue weighted by Gasteiger charge is 2.49. The predicted octanol–water partition coefficient (Wildman–Crippen LogP) is 15.8. The molecule has 0 saturated carbocycles. The second kappa shape index (κ2) is 12.8.